The Kier molecular flexibility index (Phi) is 5.56. The van der Waals surface area contributed by atoms with Gasteiger partial charge in [-0.05, 0) is 43.2 Å². The minimum absolute atomic E-state index is 0.00286. The fourth-order valence-corrected chi connectivity index (χ4v) is 3.93. The van der Waals surface area contributed by atoms with Gasteiger partial charge in [0.2, 0.25) is 0 Å². The van der Waals surface area contributed by atoms with Gasteiger partial charge in [-0.3, -0.25) is 14.2 Å². The summed E-state index contributed by atoms with van der Waals surface area (Å²) in [4.78, 5) is 32.7. The molecule has 5 nitrogen and oxygen atoms in total. The monoisotopic (exact) mass is 387 g/mol. The lowest BCUT2D eigenvalue weighted by atomic mass is 10.1. The number of hydrogen-bond acceptors (Lipinski definition) is 3. The molecule has 2 aromatic carbocycles. The van der Waals surface area contributed by atoms with Crippen LogP contribution in [-0.2, 0) is 13.0 Å². The second kappa shape index (κ2) is 8.43. The largest absolute Gasteiger partial charge is 0.305 e. The summed E-state index contributed by atoms with van der Waals surface area (Å²) in [7, 11) is 0. The molecule has 1 amide bonds. The average Bonchev–Trinajstić information content (AvgIpc) is 2.73. The molecule has 29 heavy (non-hydrogen) atoms. The van der Waals surface area contributed by atoms with Crippen LogP contribution in [0.5, 0.6) is 0 Å². The number of aromatic nitrogens is 2. The van der Waals surface area contributed by atoms with Crippen LogP contribution in [0.4, 0.5) is 5.69 Å². The van der Waals surface area contributed by atoms with Gasteiger partial charge < -0.3 is 4.90 Å². The highest BCUT2D eigenvalue weighted by Crippen LogP contribution is 2.20. The van der Waals surface area contributed by atoms with Crippen LogP contribution < -0.4 is 10.5 Å². The number of fused-ring (bicyclic) bond motifs is 2. The molecule has 2 heterocycles. The van der Waals surface area contributed by atoms with Gasteiger partial charge in [-0.2, -0.15) is 0 Å². The molecule has 1 aliphatic heterocycles. The number of carbonyl (C=O) groups is 1. The number of nitrogens with zero attached hydrogens (tertiary/aromatic N) is 3. The quantitative estimate of drug-likeness (QED) is 0.626. The van der Waals surface area contributed by atoms with Crippen molar-refractivity contribution in [1.29, 1.82) is 0 Å². The zero-order chi connectivity index (χ0) is 20.2. The number of para-hydroxylation sites is 1. The van der Waals surface area contributed by atoms with E-state index in [-0.39, 0.29) is 11.5 Å². The molecular weight excluding hydrogens is 362 g/mol. The molecule has 0 atom stereocenters. The van der Waals surface area contributed by atoms with Crippen LogP contribution in [0, 0.1) is 0 Å². The van der Waals surface area contributed by atoms with E-state index in [0.717, 1.165) is 43.7 Å². The van der Waals surface area contributed by atoms with Gasteiger partial charge in [-0.15, -0.1) is 6.58 Å². The molecule has 0 spiro atoms. The Balaban J connectivity index is 1.76. The van der Waals surface area contributed by atoms with E-state index in [2.05, 4.69) is 6.58 Å². The molecule has 0 unspecified atom stereocenters. The summed E-state index contributed by atoms with van der Waals surface area (Å²) in [6, 6.07) is 14.7. The van der Waals surface area contributed by atoms with Gasteiger partial charge in [0.15, 0.2) is 0 Å². The highest BCUT2D eigenvalue weighted by atomic mass is 16.2. The van der Waals surface area contributed by atoms with E-state index in [1.54, 1.807) is 29.2 Å². The lowest BCUT2D eigenvalue weighted by molar-refractivity contribution is 0.0990. The minimum atomic E-state index is -0.133. The lowest BCUT2D eigenvalue weighted by Gasteiger charge is -2.21. The summed E-state index contributed by atoms with van der Waals surface area (Å²) >= 11 is 0. The Morgan fingerprint density at radius 1 is 1.10 bits per heavy atom. The van der Waals surface area contributed by atoms with Crippen LogP contribution in [0.2, 0.25) is 0 Å². The first-order valence-electron chi connectivity index (χ1n) is 10.2. The molecule has 5 heteroatoms. The summed E-state index contributed by atoms with van der Waals surface area (Å²) in [5, 5.41) is 0.570. The predicted octanol–water partition coefficient (Wildman–Crippen LogP) is 4.35. The van der Waals surface area contributed by atoms with Crippen molar-refractivity contribution >= 4 is 22.5 Å². The summed E-state index contributed by atoms with van der Waals surface area (Å²) < 4.78 is 1.82. The average molecular weight is 387 g/mol. The van der Waals surface area contributed by atoms with Crippen molar-refractivity contribution in [2.75, 3.05) is 11.4 Å². The van der Waals surface area contributed by atoms with Crippen LogP contribution in [0.3, 0.4) is 0 Å². The number of carbonyl (C=O) groups excluding carboxylic acids is 1. The predicted molar refractivity (Wildman–Crippen MR) is 116 cm³/mol. The Morgan fingerprint density at radius 3 is 2.69 bits per heavy atom. The molecule has 0 fully saturated rings. The normalized spacial score (nSPS) is 13.9. The van der Waals surface area contributed by atoms with Gasteiger partial charge in [-0.1, -0.05) is 37.1 Å². The number of benzene rings is 2. The maximum atomic E-state index is 13.2. The maximum Gasteiger partial charge on any atom is 0.261 e. The standard InChI is InChI=1S/C24H25N3O2/c1-2-15-26(19-10-6-5-7-11-19)23(28)18-13-14-20-21(17-18)25-22-12-8-3-4-9-16-27(22)24(20)29/h2,5-7,10-11,13-14,17H,1,3-4,8-9,12,15-16H2. The fraction of sp³-hybridized carbons (Fsp3) is 0.292. The third-order valence-corrected chi connectivity index (χ3v) is 5.44. The number of rotatable bonds is 4. The molecule has 0 saturated carbocycles. The molecule has 1 aromatic heterocycles. The summed E-state index contributed by atoms with van der Waals surface area (Å²) in [5.41, 5.74) is 1.92. The van der Waals surface area contributed by atoms with Crippen LogP contribution in [0.15, 0.2) is 66.0 Å². The SMILES string of the molecule is C=CCN(C(=O)c1ccc2c(=O)n3c(nc2c1)CCCCCC3)c1ccccc1. The molecule has 3 aromatic rings. The van der Waals surface area contributed by atoms with Gasteiger partial charge in [0.25, 0.3) is 11.5 Å². The molecule has 1 aliphatic rings. The smallest absolute Gasteiger partial charge is 0.261 e. The molecule has 0 aliphatic carbocycles. The van der Waals surface area contributed by atoms with Gasteiger partial charge in [0.05, 0.1) is 10.9 Å². The molecule has 148 valence electrons. The number of amides is 1. The highest BCUT2D eigenvalue weighted by Gasteiger charge is 2.19. The molecule has 4 rings (SSSR count). The third kappa shape index (κ3) is 3.86. The van der Waals surface area contributed by atoms with Crippen molar-refractivity contribution < 1.29 is 4.79 Å². The van der Waals surface area contributed by atoms with Crippen molar-refractivity contribution in [2.24, 2.45) is 0 Å². The number of aryl methyl sites for hydroxylation is 1. The zero-order valence-corrected chi connectivity index (χ0v) is 16.5. The zero-order valence-electron chi connectivity index (χ0n) is 16.5. The van der Waals surface area contributed by atoms with Gasteiger partial charge in [0, 0.05) is 30.8 Å². The molecule has 0 bridgehead atoms. The van der Waals surface area contributed by atoms with Crippen LogP contribution >= 0.6 is 0 Å². The van der Waals surface area contributed by atoms with E-state index in [9.17, 15) is 9.59 Å². The second-order valence-electron chi connectivity index (χ2n) is 7.42. The van der Waals surface area contributed by atoms with Crippen molar-refractivity contribution in [3.63, 3.8) is 0 Å². The topological polar surface area (TPSA) is 55.2 Å². The van der Waals surface area contributed by atoms with Gasteiger partial charge in [0.1, 0.15) is 5.82 Å². The first-order valence-corrected chi connectivity index (χ1v) is 10.2. The second-order valence-corrected chi connectivity index (χ2v) is 7.42. The molecule has 0 radical (unpaired) electrons. The third-order valence-electron chi connectivity index (χ3n) is 5.44. The summed E-state index contributed by atoms with van der Waals surface area (Å²) in [5.74, 6) is 0.699. The van der Waals surface area contributed by atoms with E-state index in [0.29, 0.717) is 23.0 Å². The fourth-order valence-electron chi connectivity index (χ4n) is 3.93. The number of anilines is 1. The van der Waals surface area contributed by atoms with Crippen molar-refractivity contribution in [1.82, 2.24) is 9.55 Å². The first kappa shape index (κ1) is 19.1. The Labute approximate surface area is 170 Å². The maximum absolute atomic E-state index is 13.2. The van der Waals surface area contributed by atoms with E-state index in [1.807, 2.05) is 34.9 Å². The minimum Gasteiger partial charge on any atom is -0.305 e. The Hall–Kier alpha value is -3.21. The van der Waals surface area contributed by atoms with Crippen molar-refractivity contribution in [2.45, 2.75) is 38.6 Å². The summed E-state index contributed by atoms with van der Waals surface area (Å²) in [6.07, 6.45) is 6.87. The lowest BCUT2D eigenvalue weighted by Crippen LogP contribution is -2.31. The number of hydrogen-bond donors (Lipinski definition) is 0. The van der Waals surface area contributed by atoms with Gasteiger partial charge >= 0.3 is 0 Å². The van der Waals surface area contributed by atoms with Crippen LogP contribution in [0.25, 0.3) is 10.9 Å². The molecule has 0 saturated heterocycles. The van der Waals surface area contributed by atoms with Crippen molar-refractivity contribution in [3.8, 4) is 0 Å². The van der Waals surface area contributed by atoms with E-state index in [1.165, 1.54) is 6.42 Å². The Bertz CT molecular complexity index is 1100. The van der Waals surface area contributed by atoms with Crippen molar-refractivity contribution in [3.05, 3.63) is 82.9 Å². The first-order chi connectivity index (χ1) is 14.2. The summed E-state index contributed by atoms with van der Waals surface area (Å²) in [6.45, 7) is 4.90. The van der Waals surface area contributed by atoms with E-state index in [4.69, 9.17) is 4.98 Å². The van der Waals surface area contributed by atoms with Gasteiger partial charge in [-0.25, -0.2) is 4.98 Å². The Morgan fingerprint density at radius 2 is 1.90 bits per heavy atom. The van der Waals surface area contributed by atoms with E-state index >= 15 is 0 Å². The molecular formula is C24H25N3O2. The van der Waals surface area contributed by atoms with Crippen LogP contribution in [-0.4, -0.2) is 22.0 Å². The highest BCUT2D eigenvalue weighted by molar-refractivity contribution is 6.07. The van der Waals surface area contributed by atoms with E-state index < -0.39 is 0 Å². The molecule has 0 N–H and O–H groups in total. The van der Waals surface area contributed by atoms with Crippen LogP contribution in [0.1, 0.15) is 41.9 Å².